The van der Waals surface area contributed by atoms with Crippen LogP contribution in [0, 0.1) is 18.3 Å². The van der Waals surface area contributed by atoms with Gasteiger partial charge in [-0.1, -0.05) is 63.9 Å². The third-order valence-electron chi connectivity index (χ3n) is 4.32. The zero-order valence-corrected chi connectivity index (χ0v) is 18.5. The van der Waals surface area contributed by atoms with Crippen molar-refractivity contribution in [2.24, 2.45) is 0 Å². The molecule has 3 aromatic carbocycles. The smallest absolute Gasteiger partial charge is 0.266 e. The number of rotatable bonds is 6. The van der Waals surface area contributed by atoms with E-state index in [2.05, 4.69) is 21.2 Å². The molecular weight excluding hydrogens is 464 g/mol. The first-order valence-corrected chi connectivity index (χ1v) is 10.3. The molecule has 0 saturated carbocycles. The molecule has 3 rings (SSSR count). The lowest BCUT2D eigenvalue weighted by molar-refractivity contribution is -0.112. The van der Waals surface area contributed by atoms with Gasteiger partial charge in [-0.3, -0.25) is 4.79 Å². The van der Waals surface area contributed by atoms with Crippen LogP contribution >= 0.6 is 27.5 Å². The molecule has 0 spiro atoms. The number of nitrogens with zero attached hydrogens (tertiary/aromatic N) is 1. The maximum absolute atomic E-state index is 12.6. The van der Waals surface area contributed by atoms with Gasteiger partial charge in [0, 0.05) is 20.7 Å². The van der Waals surface area contributed by atoms with E-state index in [-0.39, 0.29) is 5.57 Å². The lowest BCUT2D eigenvalue weighted by atomic mass is 10.1. The molecule has 0 atom stereocenters. The van der Waals surface area contributed by atoms with E-state index in [1.165, 1.54) is 6.08 Å². The molecule has 0 unspecified atom stereocenters. The van der Waals surface area contributed by atoms with E-state index in [1.54, 1.807) is 30.3 Å². The Bertz CT molecular complexity index is 1130. The largest absolute Gasteiger partial charge is 0.488 e. The van der Waals surface area contributed by atoms with Crippen molar-refractivity contribution in [1.82, 2.24) is 0 Å². The number of halogens is 2. The van der Waals surface area contributed by atoms with Crippen molar-refractivity contribution in [2.45, 2.75) is 13.5 Å². The minimum Gasteiger partial charge on any atom is -0.488 e. The summed E-state index contributed by atoms with van der Waals surface area (Å²) in [4.78, 5) is 12.6. The minimum atomic E-state index is -0.514. The normalized spacial score (nSPS) is 10.9. The maximum Gasteiger partial charge on any atom is 0.266 e. The molecular formula is C24H18BrClN2O2. The van der Waals surface area contributed by atoms with Crippen LogP contribution in [0.25, 0.3) is 6.08 Å². The van der Waals surface area contributed by atoms with Gasteiger partial charge in [0.05, 0.1) is 0 Å². The Kier molecular flexibility index (Phi) is 7.29. The molecule has 0 heterocycles. The van der Waals surface area contributed by atoms with Crippen LogP contribution in [0.2, 0.25) is 5.02 Å². The summed E-state index contributed by atoms with van der Waals surface area (Å²) in [5, 5.41) is 12.8. The van der Waals surface area contributed by atoms with Crippen molar-refractivity contribution >= 4 is 45.2 Å². The Morgan fingerprint density at radius 2 is 1.90 bits per heavy atom. The number of nitriles is 1. The highest BCUT2D eigenvalue weighted by Crippen LogP contribution is 2.24. The first-order chi connectivity index (χ1) is 14.5. The number of nitrogens with one attached hydrogen (secondary N) is 1. The summed E-state index contributed by atoms with van der Waals surface area (Å²) in [5.41, 5.74) is 3.04. The third-order valence-corrected chi connectivity index (χ3v) is 5.26. The summed E-state index contributed by atoms with van der Waals surface area (Å²) in [6, 6.07) is 22.2. The lowest BCUT2D eigenvalue weighted by Gasteiger charge is -2.10. The van der Waals surface area contributed by atoms with Crippen LogP contribution in [0.3, 0.4) is 0 Å². The molecule has 0 bridgehead atoms. The fourth-order valence-corrected chi connectivity index (χ4v) is 3.09. The van der Waals surface area contributed by atoms with Crippen LogP contribution in [0.4, 0.5) is 5.69 Å². The molecule has 0 aliphatic heterocycles. The number of hydrogen-bond acceptors (Lipinski definition) is 3. The highest BCUT2D eigenvalue weighted by molar-refractivity contribution is 9.10. The first kappa shape index (κ1) is 21.6. The third kappa shape index (κ3) is 5.73. The van der Waals surface area contributed by atoms with Crippen LogP contribution in [0.5, 0.6) is 5.75 Å². The van der Waals surface area contributed by atoms with Crippen molar-refractivity contribution in [1.29, 1.82) is 5.26 Å². The summed E-state index contributed by atoms with van der Waals surface area (Å²) in [7, 11) is 0. The molecule has 0 saturated heterocycles. The summed E-state index contributed by atoms with van der Waals surface area (Å²) in [6.07, 6.45) is 1.52. The van der Waals surface area contributed by atoms with E-state index in [0.29, 0.717) is 28.6 Å². The molecule has 0 aromatic heterocycles. The Morgan fingerprint density at radius 1 is 1.17 bits per heavy atom. The predicted octanol–water partition coefficient (Wildman–Crippen LogP) is 6.54. The number of anilines is 1. The number of carbonyl (C=O) groups excluding carboxylic acids is 1. The first-order valence-electron chi connectivity index (χ1n) is 9.12. The second kappa shape index (κ2) is 10.1. The number of carbonyl (C=O) groups is 1. The summed E-state index contributed by atoms with van der Waals surface area (Å²) in [6.45, 7) is 2.24. The van der Waals surface area contributed by atoms with Gasteiger partial charge in [0.15, 0.2) is 0 Å². The van der Waals surface area contributed by atoms with Crippen LogP contribution in [-0.4, -0.2) is 5.91 Å². The van der Waals surface area contributed by atoms with Gasteiger partial charge in [-0.2, -0.15) is 5.26 Å². The van der Waals surface area contributed by atoms with Crippen LogP contribution in [-0.2, 0) is 11.4 Å². The Labute approximate surface area is 188 Å². The molecule has 0 fully saturated rings. The number of ether oxygens (including phenoxy) is 1. The lowest BCUT2D eigenvalue weighted by Crippen LogP contribution is -2.13. The second-order valence-electron chi connectivity index (χ2n) is 6.54. The monoisotopic (exact) mass is 480 g/mol. The van der Waals surface area contributed by atoms with Gasteiger partial charge < -0.3 is 10.1 Å². The van der Waals surface area contributed by atoms with E-state index < -0.39 is 5.91 Å². The highest BCUT2D eigenvalue weighted by atomic mass is 79.9. The number of aryl methyl sites for hydroxylation is 1. The molecule has 1 N–H and O–H groups in total. The van der Waals surface area contributed by atoms with Gasteiger partial charge in [0.1, 0.15) is 24.0 Å². The van der Waals surface area contributed by atoms with Crippen molar-refractivity contribution in [3.63, 3.8) is 0 Å². The topological polar surface area (TPSA) is 62.1 Å². The van der Waals surface area contributed by atoms with Gasteiger partial charge in [-0.25, -0.2) is 0 Å². The summed E-state index contributed by atoms with van der Waals surface area (Å²) in [5.74, 6) is 0.0690. The fourth-order valence-electron chi connectivity index (χ4n) is 2.65. The summed E-state index contributed by atoms with van der Waals surface area (Å²) < 4.78 is 6.91. The molecule has 4 nitrogen and oxygen atoms in total. The van der Waals surface area contributed by atoms with Gasteiger partial charge >= 0.3 is 0 Å². The summed E-state index contributed by atoms with van der Waals surface area (Å²) >= 11 is 9.51. The maximum atomic E-state index is 12.6. The Balaban J connectivity index is 1.78. The molecule has 150 valence electrons. The second-order valence-corrected chi connectivity index (χ2v) is 7.86. The van der Waals surface area contributed by atoms with Gasteiger partial charge in [-0.15, -0.1) is 0 Å². The van der Waals surface area contributed by atoms with E-state index in [1.807, 2.05) is 49.4 Å². The van der Waals surface area contributed by atoms with E-state index in [0.717, 1.165) is 15.6 Å². The van der Waals surface area contributed by atoms with Crippen LogP contribution in [0.15, 0.2) is 76.8 Å². The minimum absolute atomic E-state index is 0.0358. The van der Waals surface area contributed by atoms with E-state index in [9.17, 15) is 10.1 Å². The highest BCUT2D eigenvalue weighted by Gasteiger charge is 2.12. The number of amides is 1. The van der Waals surface area contributed by atoms with E-state index >= 15 is 0 Å². The number of para-hydroxylation sites is 1. The fraction of sp³-hybridized carbons (Fsp3) is 0.0833. The Morgan fingerprint density at radius 3 is 2.60 bits per heavy atom. The van der Waals surface area contributed by atoms with Crippen molar-refractivity contribution < 1.29 is 9.53 Å². The van der Waals surface area contributed by atoms with Crippen molar-refractivity contribution in [2.75, 3.05) is 5.32 Å². The predicted molar refractivity (Wildman–Crippen MR) is 123 cm³/mol. The van der Waals surface area contributed by atoms with Gasteiger partial charge in [-0.05, 0) is 54.5 Å². The standard InChI is InChI=1S/C24H18BrClN2O2/c1-16-6-11-21(13-22(16)26)28-24(29)19(14-27)12-18-4-2-3-5-23(18)30-15-17-7-9-20(25)10-8-17/h2-13H,15H2,1H3,(H,28,29)/b19-12+. The molecule has 0 aliphatic rings. The SMILES string of the molecule is Cc1ccc(NC(=O)/C(C#N)=C/c2ccccc2OCc2ccc(Br)cc2)cc1Cl. The molecule has 1 amide bonds. The zero-order valence-electron chi connectivity index (χ0n) is 16.2. The van der Waals surface area contributed by atoms with Crippen molar-refractivity contribution in [3.8, 4) is 11.8 Å². The van der Waals surface area contributed by atoms with Gasteiger partial charge in [0.2, 0.25) is 0 Å². The molecule has 0 radical (unpaired) electrons. The van der Waals surface area contributed by atoms with Crippen LogP contribution in [0.1, 0.15) is 16.7 Å². The Hall–Kier alpha value is -3.07. The van der Waals surface area contributed by atoms with Gasteiger partial charge in [0.25, 0.3) is 5.91 Å². The average molecular weight is 482 g/mol. The molecule has 30 heavy (non-hydrogen) atoms. The number of benzene rings is 3. The van der Waals surface area contributed by atoms with E-state index in [4.69, 9.17) is 16.3 Å². The number of hydrogen-bond donors (Lipinski definition) is 1. The molecule has 3 aromatic rings. The van der Waals surface area contributed by atoms with Crippen molar-refractivity contribution in [3.05, 3.63) is 98.5 Å². The quantitative estimate of drug-likeness (QED) is 0.321. The molecule has 0 aliphatic carbocycles. The average Bonchev–Trinajstić information content (AvgIpc) is 2.75. The molecule has 6 heteroatoms. The zero-order chi connectivity index (χ0) is 21.5. The van der Waals surface area contributed by atoms with Crippen LogP contribution < -0.4 is 10.1 Å².